The van der Waals surface area contributed by atoms with E-state index in [0.717, 1.165) is 12.8 Å². The van der Waals surface area contributed by atoms with Gasteiger partial charge in [-0.05, 0) is 24.1 Å². The minimum atomic E-state index is -0.0729. The molecule has 3 heterocycles. The van der Waals surface area contributed by atoms with Gasteiger partial charge in [-0.3, -0.25) is 4.79 Å². The van der Waals surface area contributed by atoms with Crippen LogP contribution in [-0.2, 0) is 11.3 Å². The third-order valence-electron chi connectivity index (χ3n) is 3.85. The molecule has 1 saturated carbocycles. The number of ether oxygens (including phenoxy) is 1. The SMILES string of the molecule is CN(C)C(=O)Cn1cc(-c2ncc(-c3nn[nH]n3)cc2OC2CC2)nn1. The summed E-state index contributed by atoms with van der Waals surface area (Å²) < 4.78 is 7.46. The highest BCUT2D eigenvalue weighted by Crippen LogP contribution is 2.34. The number of hydrogen-bond donors (Lipinski definition) is 1. The predicted molar refractivity (Wildman–Crippen MR) is 88.8 cm³/mol. The van der Waals surface area contributed by atoms with Crippen molar-refractivity contribution < 1.29 is 9.53 Å². The molecule has 26 heavy (non-hydrogen) atoms. The van der Waals surface area contributed by atoms with Crippen LogP contribution in [0, 0.1) is 0 Å². The van der Waals surface area contributed by atoms with Crippen LogP contribution in [0.2, 0.25) is 0 Å². The monoisotopic (exact) mass is 355 g/mol. The molecule has 3 aromatic heterocycles. The second kappa shape index (κ2) is 6.50. The number of rotatable bonds is 6. The van der Waals surface area contributed by atoms with Crippen molar-refractivity contribution in [3.63, 3.8) is 0 Å². The molecular formula is C15H17N9O2. The second-order valence-electron chi connectivity index (χ2n) is 6.21. The maximum atomic E-state index is 11.8. The van der Waals surface area contributed by atoms with Crippen LogP contribution in [0.1, 0.15) is 12.8 Å². The topological polar surface area (TPSA) is 128 Å². The Morgan fingerprint density at radius 2 is 2.23 bits per heavy atom. The Bertz CT molecular complexity index is 915. The summed E-state index contributed by atoms with van der Waals surface area (Å²) in [6, 6.07) is 1.81. The van der Waals surface area contributed by atoms with Gasteiger partial charge >= 0.3 is 0 Å². The zero-order valence-corrected chi connectivity index (χ0v) is 14.3. The molecule has 0 bridgehead atoms. The number of tetrazole rings is 1. The van der Waals surface area contributed by atoms with E-state index in [4.69, 9.17) is 4.74 Å². The van der Waals surface area contributed by atoms with Crippen molar-refractivity contribution in [1.29, 1.82) is 0 Å². The molecule has 11 nitrogen and oxygen atoms in total. The normalized spacial score (nSPS) is 13.6. The minimum absolute atomic E-state index is 0.0729. The van der Waals surface area contributed by atoms with Crippen molar-refractivity contribution in [2.75, 3.05) is 14.1 Å². The van der Waals surface area contributed by atoms with E-state index in [-0.39, 0.29) is 18.6 Å². The molecule has 134 valence electrons. The van der Waals surface area contributed by atoms with Crippen molar-refractivity contribution in [3.05, 3.63) is 18.5 Å². The summed E-state index contributed by atoms with van der Waals surface area (Å²) in [6.07, 6.45) is 5.51. The Morgan fingerprint density at radius 3 is 2.92 bits per heavy atom. The van der Waals surface area contributed by atoms with Crippen LogP contribution in [0.5, 0.6) is 5.75 Å². The summed E-state index contributed by atoms with van der Waals surface area (Å²) >= 11 is 0. The molecule has 0 unspecified atom stereocenters. The van der Waals surface area contributed by atoms with Gasteiger partial charge in [0.25, 0.3) is 0 Å². The minimum Gasteiger partial charge on any atom is -0.488 e. The fourth-order valence-corrected chi connectivity index (χ4v) is 2.26. The van der Waals surface area contributed by atoms with E-state index in [1.54, 1.807) is 26.5 Å². The largest absolute Gasteiger partial charge is 0.488 e. The lowest BCUT2D eigenvalue weighted by molar-refractivity contribution is -0.129. The molecule has 4 rings (SSSR count). The molecule has 1 amide bonds. The van der Waals surface area contributed by atoms with Gasteiger partial charge in [-0.25, -0.2) is 9.67 Å². The number of H-pyrrole nitrogens is 1. The first-order chi connectivity index (χ1) is 12.6. The third kappa shape index (κ3) is 3.36. The molecule has 0 radical (unpaired) electrons. The summed E-state index contributed by atoms with van der Waals surface area (Å²) in [5, 5.41) is 22.0. The lowest BCUT2D eigenvalue weighted by Crippen LogP contribution is -2.26. The highest BCUT2D eigenvalue weighted by Gasteiger charge is 2.26. The zero-order valence-electron chi connectivity index (χ0n) is 14.3. The number of nitrogens with one attached hydrogen (secondary N) is 1. The van der Waals surface area contributed by atoms with Gasteiger partial charge < -0.3 is 9.64 Å². The van der Waals surface area contributed by atoms with Crippen LogP contribution >= 0.6 is 0 Å². The number of pyridine rings is 1. The van der Waals surface area contributed by atoms with E-state index < -0.39 is 0 Å². The van der Waals surface area contributed by atoms with Gasteiger partial charge in [0.2, 0.25) is 11.7 Å². The fourth-order valence-electron chi connectivity index (χ4n) is 2.26. The van der Waals surface area contributed by atoms with E-state index in [2.05, 4.69) is 35.9 Å². The summed E-state index contributed by atoms with van der Waals surface area (Å²) in [5.41, 5.74) is 1.79. The van der Waals surface area contributed by atoms with Crippen LogP contribution < -0.4 is 4.74 Å². The van der Waals surface area contributed by atoms with E-state index in [1.807, 2.05) is 6.07 Å². The average molecular weight is 355 g/mol. The fraction of sp³-hybridized carbons (Fsp3) is 0.400. The van der Waals surface area contributed by atoms with Crippen LogP contribution in [0.3, 0.4) is 0 Å². The van der Waals surface area contributed by atoms with Gasteiger partial charge in [0.15, 0.2) is 0 Å². The number of hydrogen-bond acceptors (Lipinski definition) is 8. The van der Waals surface area contributed by atoms with Crippen molar-refractivity contribution in [3.8, 4) is 28.5 Å². The van der Waals surface area contributed by atoms with Gasteiger partial charge in [0.1, 0.15) is 23.7 Å². The summed E-state index contributed by atoms with van der Waals surface area (Å²) in [7, 11) is 3.39. The van der Waals surface area contributed by atoms with Crippen molar-refractivity contribution in [2.45, 2.75) is 25.5 Å². The molecule has 0 aliphatic heterocycles. The highest BCUT2D eigenvalue weighted by atomic mass is 16.5. The molecule has 0 atom stereocenters. The van der Waals surface area contributed by atoms with E-state index in [1.165, 1.54) is 9.58 Å². The number of aromatic amines is 1. The Balaban J connectivity index is 1.65. The first-order valence-electron chi connectivity index (χ1n) is 8.11. The first kappa shape index (κ1) is 16.1. The lowest BCUT2D eigenvalue weighted by Gasteiger charge is -2.10. The summed E-state index contributed by atoms with van der Waals surface area (Å²) in [6.45, 7) is 0.111. The van der Waals surface area contributed by atoms with Gasteiger partial charge in [0, 0.05) is 25.9 Å². The molecule has 0 aromatic carbocycles. The molecule has 1 fully saturated rings. The highest BCUT2D eigenvalue weighted by molar-refractivity contribution is 5.75. The number of carbonyl (C=O) groups excluding carboxylic acids is 1. The molecule has 11 heteroatoms. The number of aromatic nitrogens is 8. The van der Waals surface area contributed by atoms with Crippen LogP contribution in [-0.4, -0.2) is 71.6 Å². The number of likely N-dealkylation sites (N-methyl/N-ethyl adjacent to an activating group) is 1. The number of amides is 1. The lowest BCUT2D eigenvalue weighted by atomic mass is 10.2. The second-order valence-corrected chi connectivity index (χ2v) is 6.21. The Labute approximate surface area is 148 Å². The number of nitrogens with zero attached hydrogens (tertiary/aromatic N) is 8. The van der Waals surface area contributed by atoms with Crippen LogP contribution in [0.25, 0.3) is 22.8 Å². The zero-order chi connectivity index (χ0) is 18.1. The summed E-state index contributed by atoms with van der Waals surface area (Å²) in [5.74, 6) is 0.946. The first-order valence-corrected chi connectivity index (χ1v) is 8.11. The van der Waals surface area contributed by atoms with Crippen molar-refractivity contribution >= 4 is 5.91 Å². The molecule has 0 spiro atoms. The molecule has 0 saturated heterocycles. The van der Waals surface area contributed by atoms with E-state index >= 15 is 0 Å². The molecule has 1 N–H and O–H groups in total. The number of carbonyl (C=O) groups is 1. The van der Waals surface area contributed by atoms with Crippen LogP contribution in [0.4, 0.5) is 0 Å². The summed E-state index contributed by atoms with van der Waals surface area (Å²) in [4.78, 5) is 17.8. The van der Waals surface area contributed by atoms with Gasteiger partial charge in [0.05, 0.1) is 12.3 Å². The van der Waals surface area contributed by atoms with E-state index in [9.17, 15) is 4.79 Å². The standard InChI is InChI=1S/C15H17N9O2/c1-23(2)13(25)8-24-7-11(17-22-24)14-12(26-10-3-4-10)5-9(6-16-14)15-18-20-21-19-15/h5-7,10H,3-4,8H2,1-2H3,(H,18,19,20,21). The van der Waals surface area contributed by atoms with Crippen LogP contribution in [0.15, 0.2) is 18.5 Å². The molecule has 3 aromatic rings. The Kier molecular flexibility index (Phi) is 4.03. The average Bonchev–Trinajstić information content (AvgIpc) is 3.11. The van der Waals surface area contributed by atoms with Crippen molar-refractivity contribution in [2.24, 2.45) is 0 Å². The third-order valence-corrected chi connectivity index (χ3v) is 3.85. The van der Waals surface area contributed by atoms with Gasteiger partial charge in [-0.15, -0.1) is 15.3 Å². The maximum absolute atomic E-state index is 11.8. The van der Waals surface area contributed by atoms with E-state index in [0.29, 0.717) is 28.5 Å². The smallest absolute Gasteiger partial charge is 0.243 e. The predicted octanol–water partition coefficient (Wildman–Crippen LogP) is 0.150. The van der Waals surface area contributed by atoms with Gasteiger partial charge in [-0.1, -0.05) is 5.21 Å². The molecule has 1 aliphatic carbocycles. The molecular weight excluding hydrogens is 338 g/mol. The Morgan fingerprint density at radius 1 is 1.38 bits per heavy atom. The van der Waals surface area contributed by atoms with Gasteiger partial charge in [-0.2, -0.15) is 5.21 Å². The maximum Gasteiger partial charge on any atom is 0.243 e. The Hall–Kier alpha value is -3.37. The van der Waals surface area contributed by atoms with Crippen molar-refractivity contribution in [1.82, 2.24) is 45.5 Å². The molecule has 1 aliphatic rings. The quantitative estimate of drug-likeness (QED) is 0.662.